The molecule has 0 aliphatic carbocycles. The van der Waals surface area contributed by atoms with Gasteiger partial charge in [0, 0.05) is 4.70 Å². The van der Waals surface area contributed by atoms with E-state index in [-0.39, 0.29) is 22.5 Å². The van der Waals surface area contributed by atoms with Crippen LogP contribution in [-0.2, 0) is 9.53 Å². The topological polar surface area (TPSA) is 73.9 Å². The highest BCUT2D eigenvalue weighted by molar-refractivity contribution is 7.51. The predicted molar refractivity (Wildman–Crippen MR) is 154 cm³/mol. The van der Waals surface area contributed by atoms with Crippen molar-refractivity contribution >= 4 is 41.7 Å². The van der Waals surface area contributed by atoms with Gasteiger partial charge in [-0.1, -0.05) is 45.0 Å². The zero-order valence-electron chi connectivity index (χ0n) is 23.7. The molecule has 3 aromatic carbocycles. The molecule has 4 aromatic rings. The van der Waals surface area contributed by atoms with E-state index in [0.717, 1.165) is 11.3 Å². The zero-order chi connectivity index (χ0) is 32.3. The molecule has 0 saturated heterocycles. The first kappa shape index (κ1) is 33.2. The molecule has 0 aliphatic heterocycles. The van der Waals surface area contributed by atoms with Crippen LogP contribution in [0, 0.1) is 34.5 Å². The summed E-state index contributed by atoms with van der Waals surface area (Å²) in [6, 6.07) is 13.0. The maximum absolute atomic E-state index is 16.1. The van der Waals surface area contributed by atoms with Crippen LogP contribution in [0.1, 0.15) is 48.8 Å². The maximum Gasteiger partial charge on any atom is 0.353 e. The van der Waals surface area contributed by atoms with Gasteiger partial charge in [0.15, 0.2) is 5.91 Å². The molecule has 0 amide bonds. The zero-order valence-corrected chi connectivity index (χ0v) is 25.4. The summed E-state index contributed by atoms with van der Waals surface area (Å²) in [5.74, 6) is -16.7. The summed E-state index contributed by atoms with van der Waals surface area (Å²) in [5.41, 5.74) is -0.169. The Morgan fingerprint density at radius 2 is 1.52 bits per heavy atom. The smallest absolute Gasteiger partial charge is 0.353 e. The molecule has 3 atom stereocenters. The van der Waals surface area contributed by atoms with Crippen LogP contribution in [0.3, 0.4) is 0 Å². The van der Waals surface area contributed by atoms with E-state index < -0.39 is 67.0 Å². The van der Waals surface area contributed by atoms with E-state index in [1.165, 1.54) is 31.2 Å². The van der Waals surface area contributed by atoms with Crippen molar-refractivity contribution in [3.63, 3.8) is 0 Å². The fraction of sp³-hybridized carbons (Fsp3) is 0.267. The van der Waals surface area contributed by atoms with E-state index >= 15 is 4.39 Å². The number of ether oxygens (including phenoxy) is 2. The minimum Gasteiger partial charge on any atom is -0.464 e. The average molecular weight is 658 g/mol. The standard InChI is InChI=1S/C30H26F6NO5PS/c1-15(28(38)40-14-30(2,3)4)37-43(42-18-8-6-5-7-9-18)27(36)16-10-11-19-17(12-16)13-20(44-19)29(39)41-26-24(34)22(32)21(31)23(33)25(26)35/h5-13,15,27,37H,14H2,1-4H3/t15-,27?,43?/m0/s1. The van der Waals surface area contributed by atoms with Crippen molar-refractivity contribution in [3.05, 3.63) is 94.1 Å². The summed E-state index contributed by atoms with van der Waals surface area (Å²) >= 11 is 0.795. The van der Waals surface area contributed by atoms with Crippen molar-refractivity contribution in [3.8, 4) is 11.5 Å². The van der Waals surface area contributed by atoms with Crippen LogP contribution in [0.4, 0.5) is 26.3 Å². The van der Waals surface area contributed by atoms with E-state index in [1.807, 2.05) is 20.8 Å². The minimum absolute atomic E-state index is 0.111. The number of para-hydroxylation sites is 1. The number of hydrogen-bond donors (Lipinski definition) is 1. The highest BCUT2D eigenvalue weighted by Crippen LogP contribution is 2.51. The maximum atomic E-state index is 16.1. The van der Waals surface area contributed by atoms with Crippen molar-refractivity contribution in [1.82, 2.24) is 5.09 Å². The largest absolute Gasteiger partial charge is 0.464 e. The van der Waals surface area contributed by atoms with Gasteiger partial charge in [0.05, 0.1) is 6.61 Å². The summed E-state index contributed by atoms with van der Waals surface area (Å²) in [5, 5.41) is 3.21. The molecule has 1 aromatic heterocycles. The van der Waals surface area contributed by atoms with Gasteiger partial charge in [-0.2, -0.15) is 8.78 Å². The molecule has 0 bridgehead atoms. The van der Waals surface area contributed by atoms with E-state index in [4.69, 9.17) is 9.26 Å². The Morgan fingerprint density at radius 1 is 0.909 bits per heavy atom. The summed E-state index contributed by atoms with van der Waals surface area (Å²) in [7, 11) is -2.19. The van der Waals surface area contributed by atoms with Gasteiger partial charge in [-0.3, -0.25) is 4.79 Å². The van der Waals surface area contributed by atoms with E-state index in [2.05, 4.69) is 9.82 Å². The van der Waals surface area contributed by atoms with Gasteiger partial charge < -0.3 is 14.0 Å². The lowest BCUT2D eigenvalue weighted by Gasteiger charge is -2.26. The van der Waals surface area contributed by atoms with Gasteiger partial charge in [-0.05, 0) is 53.6 Å². The Kier molecular flexibility index (Phi) is 10.2. The second kappa shape index (κ2) is 13.5. The molecule has 1 N–H and O–H groups in total. The average Bonchev–Trinajstić information content (AvgIpc) is 3.43. The number of alkyl halides is 1. The fourth-order valence-corrected chi connectivity index (χ4v) is 6.12. The number of carbonyl (C=O) groups excluding carboxylic acids is 2. The Bertz CT molecular complexity index is 1650. The van der Waals surface area contributed by atoms with Crippen LogP contribution >= 0.6 is 19.6 Å². The predicted octanol–water partition coefficient (Wildman–Crippen LogP) is 8.74. The third-order valence-corrected chi connectivity index (χ3v) is 8.71. The number of esters is 2. The molecule has 4 rings (SSSR count). The Hall–Kier alpha value is -3.67. The SMILES string of the molecule is C[C@H](NP(Oc1ccccc1)C(F)c1ccc2sc(C(=O)Oc3c(F)c(F)c(F)c(F)c3F)cc2c1)C(=O)OCC(C)(C)C. The molecule has 0 spiro atoms. The van der Waals surface area contributed by atoms with Gasteiger partial charge in [0.1, 0.15) is 16.7 Å². The molecule has 44 heavy (non-hydrogen) atoms. The summed E-state index contributed by atoms with van der Waals surface area (Å²) < 4.78 is 101. The molecule has 0 fully saturated rings. The lowest BCUT2D eigenvalue weighted by Crippen LogP contribution is -2.35. The number of fused-ring (bicyclic) bond motifs is 1. The lowest BCUT2D eigenvalue weighted by molar-refractivity contribution is -0.147. The highest BCUT2D eigenvalue weighted by atomic mass is 32.1. The monoisotopic (exact) mass is 657 g/mol. The van der Waals surface area contributed by atoms with Gasteiger partial charge in [0.2, 0.25) is 43.1 Å². The molecule has 14 heteroatoms. The van der Waals surface area contributed by atoms with Gasteiger partial charge in [0.25, 0.3) is 0 Å². The first-order valence-electron chi connectivity index (χ1n) is 13.0. The van der Waals surface area contributed by atoms with Crippen molar-refractivity contribution in [2.75, 3.05) is 6.61 Å². The summed E-state index contributed by atoms with van der Waals surface area (Å²) in [6.45, 7) is 7.36. The number of hydrogen-bond acceptors (Lipinski definition) is 7. The van der Waals surface area contributed by atoms with E-state index in [9.17, 15) is 31.5 Å². The van der Waals surface area contributed by atoms with Crippen LogP contribution in [0.15, 0.2) is 54.6 Å². The van der Waals surface area contributed by atoms with Crippen molar-refractivity contribution in [1.29, 1.82) is 0 Å². The molecule has 234 valence electrons. The molecule has 0 radical (unpaired) electrons. The van der Waals surface area contributed by atoms with Gasteiger partial charge in [-0.15, -0.1) is 11.3 Å². The second-order valence-corrected chi connectivity index (χ2v) is 13.4. The van der Waals surface area contributed by atoms with E-state index in [0.29, 0.717) is 15.8 Å². The first-order valence-corrected chi connectivity index (χ1v) is 15.2. The molecule has 1 heterocycles. The normalized spacial score (nSPS) is 13.8. The Balaban J connectivity index is 1.57. The van der Waals surface area contributed by atoms with Gasteiger partial charge >= 0.3 is 11.9 Å². The Morgan fingerprint density at radius 3 is 2.14 bits per heavy atom. The van der Waals surface area contributed by atoms with Crippen LogP contribution in [0.2, 0.25) is 0 Å². The molecule has 0 aliphatic rings. The molecule has 6 nitrogen and oxygen atoms in total. The number of benzene rings is 3. The van der Waals surface area contributed by atoms with Crippen LogP contribution < -0.4 is 14.3 Å². The van der Waals surface area contributed by atoms with Crippen molar-refractivity contribution in [2.24, 2.45) is 5.41 Å². The third-order valence-electron chi connectivity index (χ3n) is 5.86. The van der Waals surface area contributed by atoms with Crippen molar-refractivity contribution < 1.29 is 49.9 Å². The summed E-state index contributed by atoms with van der Waals surface area (Å²) in [4.78, 5) is 25.0. The second-order valence-electron chi connectivity index (χ2n) is 10.8. The quantitative estimate of drug-likeness (QED) is 0.0459. The number of halogens is 6. The number of nitrogens with one attached hydrogen (secondary N) is 1. The highest BCUT2D eigenvalue weighted by Gasteiger charge is 2.32. The molecule has 0 saturated carbocycles. The summed E-state index contributed by atoms with van der Waals surface area (Å²) in [6.07, 6.45) is 0. The molecule has 2 unspecified atom stereocenters. The number of rotatable bonds is 10. The van der Waals surface area contributed by atoms with Crippen LogP contribution in [-0.4, -0.2) is 24.6 Å². The Labute approximate surface area is 253 Å². The first-order chi connectivity index (χ1) is 20.7. The molecular formula is C30H26F6NO5PS. The fourth-order valence-electron chi connectivity index (χ4n) is 3.65. The van der Waals surface area contributed by atoms with Crippen LogP contribution in [0.25, 0.3) is 10.1 Å². The van der Waals surface area contributed by atoms with Crippen LogP contribution in [0.5, 0.6) is 11.5 Å². The van der Waals surface area contributed by atoms with E-state index in [1.54, 1.807) is 30.3 Å². The lowest BCUT2D eigenvalue weighted by atomic mass is 9.99. The minimum atomic E-state index is -2.39. The number of thiophene rings is 1. The molecular weight excluding hydrogens is 631 g/mol. The van der Waals surface area contributed by atoms with Crippen molar-refractivity contribution in [2.45, 2.75) is 39.6 Å². The third kappa shape index (κ3) is 7.69. The number of carbonyl (C=O) groups is 2. The van der Waals surface area contributed by atoms with Gasteiger partial charge in [-0.25, -0.2) is 27.4 Å².